The van der Waals surface area contributed by atoms with Gasteiger partial charge < -0.3 is 10.1 Å². The molecular weight excluding hydrogens is 244 g/mol. The van der Waals surface area contributed by atoms with Crippen LogP contribution in [0.15, 0.2) is 6.07 Å². The van der Waals surface area contributed by atoms with Gasteiger partial charge in [-0.05, 0) is 17.9 Å². The van der Waals surface area contributed by atoms with E-state index in [-0.39, 0.29) is 5.41 Å². The summed E-state index contributed by atoms with van der Waals surface area (Å²) in [4.78, 5) is 4.62. The minimum absolute atomic E-state index is 0.0493. The van der Waals surface area contributed by atoms with Gasteiger partial charge in [0.1, 0.15) is 11.3 Å². The smallest absolute Gasteiger partial charge is 0.183 e. The predicted octanol–water partition coefficient (Wildman–Crippen LogP) is 3.95. The van der Waals surface area contributed by atoms with E-state index in [1.54, 1.807) is 18.4 Å². The van der Waals surface area contributed by atoms with Crippen LogP contribution in [-0.4, -0.2) is 19.1 Å². The third-order valence-corrected chi connectivity index (χ3v) is 4.24. The highest BCUT2D eigenvalue weighted by molar-refractivity contribution is 7.22. The highest BCUT2D eigenvalue weighted by Crippen LogP contribution is 2.41. The molecule has 0 amide bonds. The molecule has 2 aromatic rings. The fourth-order valence-electron chi connectivity index (χ4n) is 2.09. The first-order chi connectivity index (χ1) is 8.38. The number of nitrogens with one attached hydrogen (secondary N) is 1. The van der Waals surface area contributed by atoms with Crippen molar-refractivity contribution >= 4 is 26.7 Å². The zero-order chi connectivity index (χ0) is 13.5. The molecule has 3 nitrogen and oxygen atoms in total. The number of methoxy groups -OCH3 is 1. The molecular formula is C14H20N2OS. The van der Waals surface area contributed by atoms with E-state index in [1.165, 1.54) is 15.8 Å². The number of aromatic nitrogens is 1. The van der Waals surface area contributed by atoms with Crippen molar-refractivity contribution in [3.8, 4) is 5.75 Å². The number of rotatable bonds is 2. The predicted molar refractivity (Wildman–Crippen MR) is 79.2 cm³/mol. The summed E-state index contributed by atoms with van der Waals surface area (Å²) in [5, 5.41) is 4.03. The van der Waals surface area contributed by atoms with E-state index in [0.717, 1.165) is 16.4 Å². The Morgan fingerprint density at radius 2 is 2.00 bits per heavy atom. The fourth-order valence-corrected chi connectivity index (χ4v) is 2.97. The van der Waals surface area contributed by atoms with Crippen LogP contribution in [0.1, 0.15) is 31.9 Å². The minimum Gasteiger partial charge on any atom is -0.494 e. The molecule has 0 radical (unpaired) electrons. The highest BCUT2D eigenvalue weighted by atomic mass is 32.1. The van der Waals surface area contributed by atoms with E-state index in [0.29, 0.717) is 0 Å². The molecule has 18 heavy (non-hydrogen) atoms. The standard InChI is InChI=1S/C14H20N2OS/c1-8-7-9(14(2,3)4)11(17-6)10-12(8)18-13(15-5)16-10/h7H,1-6H3,(H,15,16). The van der Waals surface area contributed by atoms with Gasteiger partial charge in [0, 0.05) is 12.6 Å². The molecule has 1 N–H and O–H groups in total. The molecule has 1 aromatic carbocycles. The SMILES string of the molecule is CNc1nc2c(OC)c(C(C)(C)C)cc(C)c2s1. The van der Waals surface area contributed by atoms with Gasteiger partial charge in [0.15, 0.2) is 5.13 Å². The first-order valence-electron chi connectivity index (χ1n) is 6.05. The maximum Gasteiger partial charge on any atom is 0.183 e. The first-order valence-corrected chi connectivity index (χ1v) is 6.86. The van der Waals surface area contributed by atoms with Crippen LogP contribution in [-0.2, 0) is 5.41 Å². The number of nitrogens with zero attached hydrogens (tertiary/aromatic N) is 1. The Labute approximate surface area is 112 Å². The van der Waals surface area contributed by atoms with Crippen LogP contribution in [0.3, 0.4) is 0 Å². The van der Waals surface area contributed by atoms with Crippen molar-refractivity contribution in [1.82, 2.24) is 4.98 Å². The van der Waals surface area contributed by atoms with E-state index < -0.39 is 0 Å². The van der Waals surface area contributed by atoms with Crippen molar-refractivity contribution in [3.05, 3.63) is 17.2 Å². The third kappa shape index (κ3) is 2.05. The second-order valence-electron chi connectivity index (χ2n) is 5.47. The minimum atomic E-state index is 0.0493. The summed E-state index contributed by atoms with van der Waals surface area (Å²) in [6.07, 6.45) is 0. The first kappa shape index (κ1) is 13.1. The summed E-state index contributed by atoms with van der Waals surface area (Å²) >= 11 is 1.67. The summed E-state index contributed by atoms with van der Waals surface area (Å²) in [5.41, 5.74) is 3.49. The highest BCUT2D eigenvalue weighted by Gasteiger charge is 2.23. The molecule has 98 valence electrons. The van der Waals surface area contributed by atoms with E-state index in [2.05, 4.69) is 44.1 Å². The Hall–Kier alpha value is -1.29. The van der Waals surface area contributed by atoms with Gasteiger partial charge in [-0.25, -0.2) is 4.98 Å². The number of fused-ring (bicyclic) bond motifs is 1. The number of aryl methyl sites for hydroxylation is 1. The van der Waals surface area contributed by atoms with Crippen molar-refractivity contribution in [2.24, 2.45) is 0 Å². The van der Waals surface area contributed by atoms with Gasteiger partial charge in [0.05, 0.1) is 11.8 Å². The molecule has 0 aliphatic carbocycles. The molecule has 0 atom stereocenters. The third-order valence-electron chi connectivity index (χ3n) is 3.03. The van der Waals surface area contributed by atoms with Crippen molar-refractivity contribution < 1.29 is 4.74 Å². The van der Waals surface area contributed by atoms with Crippen molar-refractivity contribution in [3.63, 3.8) is 0 Å². The molecule has 0 saturated carbocycles. The Morgan fingerprint density at radius 3 is 2.50 bits per heavy atom. The van der Waals surface area contributed by atoms with E-state index in [4.69, 9.17) is 4.74 Å². The molecule has 0 bridgehead atoms. The van der Waals surface area contributed by atoms with Gasteiger partial charge >= 0.3 is 0 Å². The number of hydrogen-bond donors (Lipinski definition) is 1. The molecule has 1 aromatic heterocycles. The zero-order valence-corrected chi connectivity index (χ0v) is 12.7. The van der Waals surface area contributed by atoms with Crippen LogP contribution in [0, 0.1) is 6.92 Å². The molecule has 0 saturated heterocycles. The van der Waals surface area contributed by atoms with Crippen molar-refractivity contribution in [2.45, 2.75) is 33.1 Å². The average Bonchev–Trinajstić information content (AvgIpc) is 2.72. The lowest BCUT2D eigenvalue weighted by atomic mass is 9.85. The maximum atomic E-state index is 5.61. The second kappa shape index (κ2) is 4.43. The van der Waals surface area contributed by atoms with Crippen LogP contribution in [0.5, 0.6) is 5.75 Å². The molecule has 4 heteroatoms. The molecule has 0 unspecified atom stereocenters. The topological polar surface area (TPSA) is 34.2 Å². The quantitative estimate of drug-likeness (QED) is 0.891. The number of ether oxygens (including phenoxy) is 1. The fraction of sp³-hybridized carbons (Fsp3) is 0.500. The van der Waals surface area contributed by atoms with Crippen LogP contribution in [0.2, 0.25) is 0 Å². The number of benzene rings is 1. The summed E-state index contributed by atoms with van der Waals surface area (Å²) in [5.74, 6) is 0.904. The lowest BCUT2D eigenvalue weighted by molar-refractivity contribution is 0.402. The molecule has 0 spiro atoms. The van der Waals surface area contributed by atoms with E-state index >= 15 is 0 Å². The maximum absolute atomic E-state index is 5.61. The monoisotopic (exact) mass is 264 g/mol. The largest absolute Gasteiger partial charge is 0.494 e. The summed E-state index contributed by atoms with van der Waals surface area (Å²) in [7, 11) is 3.61. The zero-order valence-electron chi connectivity index (χ0n) is 11.8. The van der Waals surface area contributed by atoms with Crippen LogP contribution in [0.4, 0.5) is 5.13 Å². The van der Waals surface area contributed by atoms with E-state index in [9.17, 15) is 0 Å². The summed E-state index contributed by atoms with van der Waals surface area (Å²) in [6.45, 7) is 8.72. The lowest BCUT2D eigenvalue weighted by Crippen LogP contribution is -2.13. The Balaban J connectivity index is 2.82. The average molecular weight is 264 g/mol. The lowest BCUT2D eigenvalue weighted by Gasteiger charge is -2.23. The van der Waals surface area contributed by atoms with Gasteiger partial charge in [-0.1, -0.05) is 38.2 Å². The van der Waals surface area contributed by atoms with Gasteiger partial charge in [-0.15, -0.1) is 0 Å². The summed E-state index contributed by atoms with van der Waals surface area (Å²) < 4.78 is 6.81. The molecule has 0 fully saturated rings. The summed E-state index contributed by atoms with van der Waals surface area (Å²) in [6, 6.07) is 2.22. The molecule has 1 heterocycles. The van der Waals surface area contributed by atoms with Gasteiger partial charge in [0.25, 0.3) is 0 Å². The van der Waals surface area contributed by atoms with Crippen LogP contribution in [0.25, 0.3) is 10.2 Å². The van der Waals surface area contributed by atoms with Crippen LogP contribution >= 0.6 is 11.3 Å². The number of hydrogen-bond acceptors (Lipinski definition) is 4. The molecule has 0 aliphatic heterocycles. The van der Waals surface area contributed by atoms with Gasteiger partial charge in [-0.2, -0.15) is 0 Å². The van der Waals surface area contributed by atoms with E-state index in [1.807, 2.05) is 7.05 Å². The van der Waals surface area contributed by atoms with Gasteiger partial charge in [-0.3, -0.25) is 0 Å². The van der Waals surface area contributed by atoms with Gasteiger partial charge in [0.2, 0.25) is 0 Å². The Bertz CT molecular complexity index is 581. The Morgan fingerprint density at radius 1 is 1.33 bits per heavy atom. The van der Waals surface area contributed by atoms with Crippen molar-refractivity contribution in [2.75, 3.05) is 19.5 Å². The Kier molecular flexibility index (Phi) is 3.23. The number of thiazole rings is 1. The van der Waals surface area contributed by atoms with Crippen LogP contribution < -0.4 is 10.1 Å². The van der Waals surface area contributed by atoms with Crippen molar-refractivity contribution in [1.29, 1.82) is 0 Å². The second-order valence-corrected chi connectivity index (χ2v) is 6.47. The molecule has 2 rings (SSSR count). The number of anilines is 1. The normalized spacial score (nSPS) is 11.9. The molecule has 0 aliphatic rings.